The summed E-state index contributed by atoms with van der Waals surface area (Å²) in [6.07, 6.45) is 2.34. The first-order valence-corrected chi connectivity index (χ1v) is 8.76. The minimum atomic E-state index is -0.165. The number of nitrogens with zero attached hydrogens (tertiary/aromatic N) is 2. The number of thioether (sulfide) groups is 1. The van der Waals surface area contributed by atoms with Crippen molar-refractivity contribution < 1.29 is 4.79 Å². The van der Waals surface area contributed by atoms with E-state index < -0.39 is 0 Å². The Morgan fingerprint density at radius 2 is 1.87 bits per heavy atom. The highest BCUT2D eigenvalue weighted by molar-refractivity contribution is 9.10. The molecule has 116 valence electrons. The molecule has 0 bridgehead atoms. The molecule has 0 radical (unpaired) electrons. The van der Waals surface area contributed by atoms with Crippen LogP contribution in [0.25, 0.3) is 0 Å². The summed E-state index contributed by atoms with van der Waals surface area (Å²) in [6.45, 7) is 0. The molecule has 1 saturated heterocycles. The topological polar surface area (TPSA) is 53.8 Å². The second-order valence-corrected chi connectivity index (χ2v) is 7.09. The average molecular weight is 388 g/mol. The maximum absolute atomic E-state index is 12.0. The average Bonchev–Trinajstić information content (AvgIpc) is 2.90. The van der Waals surface area contributed by atoms with E-state index in [1.807, 2.05) is 54.6 Å². The monoisotopic (exact) mass is 387 g/mol. The molecule has 1 fully saturated rings. The van der Waals surface area contributed by atoms with Crippen molar-refractivity contribution in [1.29, 1.82) is 0 Å². The summed E-state index contributed by atoms with van der Waals surface area (Å²) in [4.78, 5) is 12.0. The van der Waals surface area contributed by atoms with Crippen LogP contribution in [0.1, 0.15) is 11.1 Å². The second kappa shape index (κ2) is 7.57. The van der Waals surface area contributed by atoms with Gasteiger partial charge in [-0.05, 0) is 29.7 Å². The zero-order valence-electron chi connectivity index (χ0n) is 12.1. The predicted molar refractivity (Wildman–Crippen MR) is 98.8 cm³/mol. The minimum Gasteiger partial charge on any atom is -0.303 e. The van der Waals surface area contributed by atoms with E-state index in [-0.39, 0.29) is 11.2 Å². The number of hydrogen-bond acceptors (Lipinski definition) is 4. The molecule has 0 unspecified atom stereocenters. The number of carbonyl (C=O) groups excluding carboxylic acids is 1. The van der Waals surface area contributed by atoms with Crippen LogP contribution < -0.4 is 5.32 Å². The summed E-state index contributed by atoms with van der Waals surface area (Å²) in [5.41, 5.74) is 2.09. The van der Waals surface area contributed by atoms with Crippen molar-refractivity contribution in [3.63, 3.8) is 0 Å². The normalized spacial score (nSPS) is 19.4. The van der Waals surface area contributed by atoms with Crippen LogP contribution in [0.15, 0.2) is 69.3 Å². The molecule has 23 heavy (non-hydrogen) atoms. The molecule has 0 aromatic heterocycles. The van der Waals surface area contributed by atoms with Crippen molar-refractivity contribution in [3.05, 3.63) is 70.2 Å². The van der Waals surface area contributed by atoms with E-state index in [1.165, 1.54) is 11.8 Å². The molecule has 3 rings (SSSR count). The van der Waals surface area contributed by atoms with Gasteiger partial charge in [0.05, 0.1) is 11.5 Å². The summed E-state index contributed by atoms with van der Waals surface area (Å²) in [5.74, 6) is -0.0217. The number of nitrogens with one attached hydrogen (secondary N) is 1. The molecule has 1 heterocycles. The molecule has 2 aromatic rings. The molecule has 0 spiro atoms. The highest BCUT2D eigenvalue weighted by atomic mass is 79.9. The van der Waals surface area contributed by atoms with Crippen molar-refractivity contribution >= 4 is 45.0 Å². The lowest BCUT2D eigenvalue weighted by atomic mass is 10.1. The van der Waals surface area contributed by atoms with Gasteiger partial charge < -0.3 is 5.32 Å². The third kappa shape index (κ3) is 4.53. The number of hydrogen-bond donors (Lipinski definition) is 1. The van der Waals surface area contributed by atoms with Crippen LogP contribution in [-0.4, -0.2) is 22.5 Å². The molecular formula is C17H14BrN3OS. The van der Waals surface area contributed by atoms with Gasteiger partial charge in [0.15, 0.2) is 5.17 Å². The molecule has 1 aliphatic rings. The van der Waals surface area contributed by atoms with Gasteiger partial charge in [-0.15, -0.1) is 5.10 Å². The van der Waals surface area contributed by atoms with Gasteiger partial charge in [0.1, 0.15) is 0 Å². The van der Waals surface area contributed by atoms with Gasteiger partial charge in [-0.2, -0.15) is 5.10 Å². The van der Waals surface area contributed by atoms with E-state index >= 15 is 0 Å². The first kappa shape index (κ1) is 16.0. The fourth-order valence-electron chi connectivity index (χ4n) is 2.11. The van der Waals surface area contributed by atoms with Gasteiger partial charge in [-0.25, -0.2) is 0 Å². The van der Waals surface area contributed by atoms with Crippen LogP contribution in [0, 0.1) is 0 Å². The van der Waals surface area contributed by atoms with Gasteiger partial charge in [0.2, 0.25) is 5.91 Å². The Kier molecular flexibility index (Phi) is 5.25. The van der Waals surface area contributed by atoms with Crippen molar-refractivity contribution in [1.82, 2.24) is 5.32 Å². The Morgan fingerprint density at radius 3 is 2.61 bits per heavy atom. The van der Waals surface area contributed by atoms with Crippen LogP contribution in [0.4, 0.5) is 0 Å². The molecule has 6 heteroatoms. The number of carbonyl (C=O) groups is 1. The zero-order valence-corrected chi connectivity index (χ0v) is 14.5. The summed E-state index contributed by atoms with van der Waals surface area (Å²) in [5, 5.41) is 11.3. The van der Waals surface area contributed by atoms with Crippen LogP contribution in [0.2, 0.25) is 0 Å². The quantitative estimate of drug-likeness (QED) is 0.643. The molecule has 2 aromatic carbocycles. The van der Waals surface area contributed by atoms with Gasteiger partial charge >= 0.3 is 0 Å². The van der Waals surface area contributed by atoms with Crippen LogP contribution in [-0.2, 0) is 11.2 Å². The number of halogens is 1. The van der Waals surface area contributed by atoms with Crippen molar-refractivity contribution in [2.24, 2.45) is 10.2 Å². The van der Waals surface area contributed by atoms with Crippen LogP contribution in [0.3, 0.4) is 0 Å². The first-order chi connectivity index (χ1) is 11.2. The standard InChI is InChI=1S/C17H14BrN3OS/c18-14-8-6-12(7-9-14)10-15-16(22)20-17(23-15)21-19-11-13-4-2-1-3-5-13/h1-9,11,15H,10H2,(H,20,21,22)/b19-11-/t15-/m1/s1. The predicted octanol–water partition coefficient (Wildman–Crippen LogP) is 3.61. The van der Waals surface area contributed by atoms with E-state index in [4.69, 9.17) is 0 Å². The molecule has 1 N–H and O–H groups in total. The van der Waals surface area contributed by atoms with E-state index in [9.17, 15) is 4.79 Å². The fraction of sp³-hybridized carbons (Fsp3) is 0.118. The second-order valence-electron chi connectivity index (χ2n) is 4.99. The molecule has 4 nitrogen and oxygen atoms in total. The maximum atomic E-state index is 12.0. The van der Waals surface area contributed by atoms with E-state index in [2.05, 4.69) is 31.4 Å². The third-order valence-corrected chi connectivity index (χ3v) is 4.87. The summed E-state index contributed by atoms with van der Waals surface area (Å²) >= 11 is 4.82. The van der Waals surface area contributed by atoms with Crippen molar-refractivity contribution in [3.8, 4) is 0 Å². The minimum absolute atomic E-state index is 0.0217. The van der Waals surface area contributed by atoms with Crippen molar-refractivity contribution in [2.75, 3.05) is 0 Å². The third-order valence-electron chi connectivity index (χ3n) is 3.27. The number of rotatable bonds is 4. The molecular weight excluding hydrogens is 374 g/mol. The van der Waals surface area contributed by atoms with E-state index in [0.29, 0.717) is 11.6 Å². The maximum Gasteiger partial charge on any atom is 0.239 e. The molecule has 1 aliphatic heterocycles. The zero-order chi connectivity index (χ0) is 16.1. The summed E-state index contributed by atoms with van der Waals surface area (Å²) in [7, 11) is 0. The lowest BCUT2D eigenvalue weighted by Crippen LogP contribution is -2.25. The highest BCUT2D eigenvalue weighted by Gasteiger charge is 2.30. The van der Waals surface area contributed by atoms with Crippen LogP contribution in [0.5, 0.6) is 0 Å². The number of benzene rings is 2. The smallest absolute Gasteiger partial charge is 0.239 e. The van der Waals surface area contributed by atoms with E-state index in [1.54, 1.807) is 6.21 Å². The lowest BCUT2D eigenvalue weighted by molar-refractivity contribution is -0.118. The summed E-state index contributed by atoms with van der Waals surface area (Å²) < 4.78 is 1.03. The first-order valence-electron chi connectivity index (χ1n) is 7.09. The SMILES string of the molecule is O=C1N/C(=N\N=C/c2ccccc2)S[C@@H]1Cc1ccc(Br)cc1. The number of amides is 1. The molecule has 1 amide bonds. The Bertz CT molecular complexity index is 744. The molecule has 1 atom stereocenters. The summed E-state index contributed by atoms with van der Waals surface area (Å²) in [6, 6.07) is 17.7. The molecule has 0 saturated carbocycles. The Morgan fingerprint density at radius 1 is 1.13 bits per heavy atom. The van der Waals surface area contributed by atoms with Gasteiger partial charge in [-0.1, -0.05) is 70.2 Å². The van der Waals surface area contributed by atoms with Crippen molar-refractivity contribution in [2.45, 2.75) is 11.7 Å². The van der Waals surface area contributed by atoms with E-state index in [0.717, 1.165) is 15.6 Å². The van der Waals surface area contributed by atoms with Gasteiger partial charge in [0, 0.05) is 4.47 Å². The molecule has 0 aliphatic carbocycles. The van der Waals surface area contributed by atoms with Gasteiger partial charge in [-0.3, -0.25) is 4.79 Å². The Hall–Kier alpha value is -1.92. The lowest BCUT2D eigenvalue weighted by Gasteiger charge is -2.05. The Balaban J connectivity index is 1.61. The van der Waals surface area contributed by atoms with Crippen LogP contribution >= 0.6 is 27.7 Å². The number of amidine groups is 1. The highest BCUT2D eigenvalue weighted by Crippen LogP contribution is 2.24. The fourth-order valence-corrected chi connectivity index (χ4v) is 3.34. The Labute approximate surface area is 147 Å². The largest absolute Gasteiger partial charge is 0.303 e. The van der Waals surface area contributed by atoms with Gasteiger partial charge in [0.25, 0.3) is 0 Å².